The lowest BCUT2D eigenvalue weighted by Gasteiger charge is -2.55. The molecule has 2 fully saturated rings. The summed E-state index contributed by atoms with van der Waals surface area (Å²) in [6.07, 6.45) is 8.26. The third kappa shape index (κ3) is 3.72. The standard InChI is InChI=1S/C27H34O5/c1-3-5-9-19-17-21(11-13-23(19)28)26(15-7-8-16-27(26)31-25(30)32-27)22-12-14-24(29)20(18-22)10-6-4-2/h11-14,17-18,28-29H,3-10,15-16H2,1-2H3. The molecule has 1 aliphatic carbocycles. The van der Waals surface area contributed by atoms with Crippen LogP contribution in [0.4, 0.5) is 4.79 Å². The van der Waals surface area contributed by atoms with E-state index in [2.05, 4.69) is 26.0 Å². The molecule has 2 N–H and O–H groups in total. The minimum absolute atomic E-state index is 0.295. The normalized spacial score (nSPS) is 18.6. The Balaban J connectivity index is 1.89. The molecule has 1 heterocycles. The van der Waals surface area contributed by atoms with Crippen LogP contribution in [0, 0.1) is 0 Å². The highest BCUT2D eigenvalue weighted by molar-refractivity contribution is 5.68. The molecule has 0 unspecified atom stereocenters. The Morgan fingerprint density at radius 1 is 0.812 bits per heavy atom. The molecular weight excluding hydrogens is 404 g/mol. The minimum Gasteiger partial charge on any atom is -0.508 e. The van der Waals surface area contributed by atoms with Gasteiger partial charge in [0.2, 0.25) is 0 Å². The highest BCUT2D eigenvalue weighted by atomic mass is 16.9. The molecule has 2 aliphatic rings. The maximum Gasteiger partial charge on any atom is 0.515 e. The third-order valence-electron chi connectivity index (χ3n) is 7.20. The summed E-state index contributed by atoms with van der Waals surface area (Å²) >= 11 is 0. The average molecular weight is 439 g/mol. The van der Waals surface area contributed by atoms with Gasteiger partial charge in [-0.05, 0) is 72.9 Å². The Labute approximate surface area is 190 Å². The van der Waals surface area contributed by atoms with Crippen LogP contribution in [-0.4, -0.2) is 22.2 Å². The Morgan fingerprint density at radius 2 is 1.31 bits per heavy atom. The molecule has 2 aromatic carbocycles. The van der Waals surface area contributed by atoms with E-state index in [-0.39, 0.29) is 0 Å². The van der Waals surface area contributed by atoms with Gasteiger partial charge in [-0.3, -0.25) is 0 Å². The van der Waals surface area contributed by atoms with Crippen molar-refractivity contribution in [1.29, 1.82) is 0 Å². The Morgan fingerprint density at radius 3 is 1.78 bits per heavy atom. The monoisotopic (exact) mass is 438 g/mol. The largest absolute Gasteiger partial charge is 0.515 e. The minimum atomic E-state index is -1.06. The van der Waals surface area contributed by atoms with Gasteiger partial charge in [0, 0.05) is 6.42 Å². The summed E-state index contributed by atoms with van der Waals surface area (Å²) in [5.74, 6) is -0.466. The van der Waals surface area contributed by atoms with Crippen molar-refractivity contribution in [3.8, 4) is 11.5 Å². The van der Waals surface area contributed by atoms with Gasteiger partial charge in [-0.2, -0.15) is 0 Å². The van der Waals surface area contributed by atoms with Crippen LogP contribution in [0.5, 0.6) is 11.5 Å². The van der Waals surface area contributed by atoms with Crippen molar-refractivity contribution in [3.05, 3.63) is 58.7 Å². The van der Waals surface area contributed by atoms with Gasteiger partial charge in [0.25, 0.3) is 5.79 Å². The quantitative estimate of drug-likeness (QED) is 0.460. The molecular formula is C27H34O5. The number of ether oxygens (including phenoxy) is 2. The Bertz CT molecular complexity index is 915. The Hall–Kier alpha value is -2.69. The van der Waals surface area contributed by atoms with Crippen molar-refractivity contribution >= 4 is 6.16 Å². The van der Waals surface area contributed by atoms with Gasteiger partial charge in [0.1, 0.15) is 11.5 Å². The summed E-state index contributed by atoms with van der Waals surface area (Å²) in [5.41, 5.74) is 3.09. The fraction of sp³-hybridized carbons (Fsp3) is 0.519. The van der Waals surface area contributed by atoms with Crippen LogP contribution >= 0.6 is 0 Å². The van der Waals surface area contributed by atoms with E-state index in [1.165, 1.54) is 0 Å². The van der Waals surface area contributed by atoms with Crippen molar-refractivity contribution in [2.24, 2.45) is 0 Å². The van der Waals surface area contributed by atoms with Crippen LogP contribution in [0.1, 0.15) is 87.5 Å². The van der Waals surface area contributed by atoms with E-state index in [9.17, 15) is 15.0 Å². The van der Waals surface area contributed by atoms with Crippen LogP contribution in [-0.2, 0) is 27.7 Å². The van der Waals surface area contributed by atoms with E-state index in [4.69, 9.17) is 9.47 Å². The van der Waals surface area contributed by atoms with Gasteiger partial charge in [0.05, 0.1) is 5.41 Å². The van der Waals surface area contributed by atoms with E-state index in [0.29, 0.717) is 17.9 Å². The fourth-order valence-electron chi connectivity index (χ4n) is 5.44. The van der Waals surface area contributed by atoms with Crippen molar-refractivity contribution < 1.29 is 24.5 Å². The number of carbonyl (C=O) groups is 1. The number of carbonyl (C=O) groups excluding carboxylic acids is 1. The lowest BCUT2D eigenvalue weighted by molar-refractivity contribution is -0.312. The fourth-order valence-corrected chi connectivity index (χ4v) is 5.44. The molecule has 0 atom stereocenters. The number of hydrogen-bond donors (Lipinski definition) is 2. The van der Waals surface area contributed by atoms with Crippen LogP contribution in [0.25, 0.3) is 0 Å². The molecule has 1 saturated carbocycles. The topological polar surface area (TPSA) is 76.0 Å². The smallest absolute Gasteiger partial charge is 0.508 e. The van der Waals surface area contributed by atoms with Gasteiger partial charge in [-0.25, -0.2) is 4.79 Å². The maximum absolute atomic E-state index is 11.9. The predicted molar refractivity (Wildman–Crippen MR) is 123 cm³/mol. The second-order valence-electron chi connectivity index (χ2n) is 9.21. The molecule has 0 amide bonds. The first-order valence-corrected chi connectivity index (χ1v) is 12.0. The SMILES string of the molecule is CCCCc1cc(C2(c3ccc(O)c(CCCC)c3)CCCCC23OC(=O)O3)ccc1O. The lowest BCUT2D eigenvalue weighted by atomic mass is 9.60. The zero-order valence-electron chi connectivity index (χ0n) is 19.2. The summed E-state index contributed by atoms with van der Waals surface area (Å²) < 4.78 is 11.6. The molecule has 0 aromatic heterocycles. The van der Waals surface area contributed by atoms with Gasteiger partial charge >= 0.3 is 6.16 Å². The third-order valence-corrected chi connectivity index (χ3v) is 7.20. The van der Waals surface area contributed by atoms with Crippen molar-refractivity contribution in [2.75, 3.05) is 0 Å². The summed E-state index contributed by atoms with van der Waals surface area (Å²) in [7, 11) is 0. The van der Waals surface area contributed by atoms with E-state index in [0.717, 1.165) is 80.0 Å². The summed E-state index contributed by atoms with van der Waals surface area (Å²) in [6, 6.07) is 11.5. The molecule has 5 nitrogen and oxygen atoms in total. The number of rotatable bonds is 8. The van der Waals surface area contributed by atoms with Gasteiger partial charge in [-0.15, -0.1) is 0 Å². The summed E-state index contributed by atoms with van der Waals surface area (Å²) in [5, 5.41) is 21.0. The summed E-state index contributed by atoms with van der Waals surface area (Å²) in [6.45, 7) is 4.27. The van der Waals surface area contributed by atoms with Crippen molar-refractivity contribution in [2.45, 2.75) is 89.3 Å². The second kappa shape index (κ2) is 9.05. The lowest BCUT2D eigenvalue weighted by Crippen LogP contribution is -2.65. The summed E-state index contributed by atoms with van der Waals surface area (Å²) in [4.78, 5) is 11.9. The number of hydrogen-bond acceptors (Lipinski definition) is 5. The molecule has 1 saturated heterocycles. The molecule has 5 heteroatoms. The number of aromatic hydroxyl groups is 2. The van der Waals surface area contributed by atoms with E-state index in [1.54, 1.807) is 12.1 Å². The van der Waals surface area contributed by atoms with Gasteiger partial charge in [-0.1, -0.05) is 57.4 Å². The van der Waals surface area contributed by atoms with Crippen LogP contribution in [0.2, 0.25) is 0 Å². The molecule has 1 aliphatic heterocycles. The number of phenols is 2. The molecule has 172 valence electrons. The number of aryl methyl sites for hydroxylation is 2. The van der Waals surface area contributed by atoms with Gasteiger partial charge in [0.15, 0.2) is 0 Å². The molecule has 2 aromatic rings. The number of unbranched alkanes of at least 4 members (excludes halogenated alkanes) is 2. The first kappa shape index (κ1) is 22.5. The number of benzene rings is 2. The van der Waals surface area contributed by atoms with Crippen molar-refractivity contribution in [1.82, 2.24) is 0 Å². The number of phenolic OH excluding ortho intramolecular Hbond substituents is 2. The first-order chi connectivity index (χ1) is 15.5. The average Bonchev–Trinajstić information content (AvgIpc) is 2.77. The van der Waals surface area contributed by atoms with Crippen molar-refractivity contribution in [3.63, 3.8) is 0 Å². The zero-order chi connectivity index (χ0) is 22.8. The molecule has 4 rings (SSSR count). The molecule has 32 heavy (non-hydrogen) atoms. The van der Waals surface area contributed by atoms with Crippen LogP contribution < -0.4 is 0 Å². The Kier molecular flexibility index (Phi) is 6.36. The van der Waals surface area contributed by atoms with E-state index in [1.807, 2.05) is 12.1 Å². The highest BCUT2D eigenvalue weighted by Crippen LogP contribution is 2.57. The van der Waals surface area contributed by atoms with Crippen LogP contribution in [0.3, 0.4) is 0 Å². The highest BCUT2D eigenvalue weighted by Gasteiger charge is 2.66. The first-order valence-electron chi connectivity index (χ1n) is 12.0. The molecule has 1 spiro atoms. The van der Waals surface area contributed by atoms with E-state index < -0.39 is 17.4 Å². The molecule has 0 bridgehead atoms. The maximum atomic E-state index is 11.9. The van der Waals surface area contributed by atoms with Gasteiger partial charge < -0.3 is 19.7 Å². The van der Waals surface area contributed by atoms with E-state index >= 15 is 0 Å². The zero-order valence-corrected chi connectivity index (χ0v) is 19.2. The van der Waals surface area contributed by atoms with Crippen LogP contribution in [0.15, 0.2) is 36.4 Å². The predicted octanol–water partition coefficient (Wildman–Crippen LogP) is 6.51. The second-order valence-corrected chi connectivity index (χ2v) is 9.21. The molecule has 0 radical (unpaired) electrons.